The van der Waals surface area contributed by atoms with Crippen LogP contribution in [0.4, 0.5) is 11.4 Å². The van der Waals surface area contributed by atoms with Crippen LogP contribution in [0.2, 0.25) is 0 Å². The number of nitrogens with zero attached hydrogens (tertiary/aromatic N) is 3. The van der Waals surface area contributed by atoms with Crippen LogP contribution in [0.5, 0.6) is 0 Å². The van der Waals surface area contributed by atoms with E-state index in [0.717, 1.165) is 48.3 Å². The summed E-state index contributed by atoms with van der Waals surface area (Å²) < 4.78 is 0. The molecule has 1 heterocycles. The lowest BCUT2D eigenvalue weighted by atomic mass is 10.1. The van der Waals surface area contributed by atoms with Crippen LogP contribution in [0.25, 0.3) is 10.9 Å². The van der Waals surface area contributed by atoms with Crippen molar-refractivity contribution in [2.45, 2.75) is 20.3 Å². The first-order valence-corrected chi connectivity index (χ1v) is 7.58. The van der Waals surface area contributed by atoms with Crippen molar-refractivity contribution in [3.05, 3.63) is 30.0 Å². The molecule has 0 amide bonds. The smallest absolute Gasteiger partial charge is 0.0727 e. The lowest BCUT2D eigenvalue weighted by molar-refractivity contribution is 0.413. The second-order valence-corrected chi connectivity index (χ2v) is 5.85. The summed E-state index contributed by atoms with van der Waals surface area (Å²) in [7, 11) is 4.22. The maximum absolute atomic E-state index is 5.97. The van der Waals surface area contributed by atoms with Crippen molar-refractivity contribution in [2.24, 2.45) is 0 Å². The van der Waals surface area contributed by atoms with Gasteiger partial charge in [-0.3, -0.25) is 4.98 Å². The third-order valence-electron chi connectivity index (χ3n) is 3.59. The number of aryl methyl sites for hydroxylation is 1. The number of anilines is 2. The average molecular weight is 286 g/mol. The molecular weight excluding hydrogens is 260 g/mol. The Hall–Kier alpha value is -1.81. The van der Waals surface area contributed by atoms with Crippen LogP contribution >= 0.6 is 0 Å². The molecule has 21 heavy (non-hydrogen) atoms. The van der Waals surface area contributed by atoms with Gasteiger partial charge in [-0.1, -0.05) is 6.92 Å². The first kappa shape index (κ1) is 15.6. The highest BCUT2D eigenvalue weighted by molar-refractivity contribution is 5.94. The van der Waals surface area contributed by atoms with Gasteiger partial charge in [0.2, 0.25) is 0 Å². The molecule has 2 aromatic rings. The molecule has 0 bridgehead atoms. The van der Waals surface area contributed by atoms with E-state index < -0.39 is 0 Å². The highest BCUT2D eigenvalue weighted by Gasteiger charge is 2.12. The molecule has 2 rings (SSSR count). The van der Waals surface area contributed by atoms with Gasteiger partial charge in [-0.15, -0.1) is 0 Å². The summed E-state index contributed by atoms with van der Waals surface area (Å²) >= 11 is 0. The number of nitrogen functional groups attached to an aromatic ring is 1. The van der Waals surface area contributed by atoms with Crippen LogP contribution in [-0.2, 0) is 0 Å². The van der Waals surface area contributed by atoms with Gasteiger partial charge in [-0.25, -0.2) is 0 Å². The summed E-state index contributed by atoms with van der Waals surface area (Å²) in [6.45, 7) is 7.35. The first-order chi connectivity index (χ1) is 10.0. The fourth-order valence-corrected chi connectivity index (χ4v) is 2.56. The van der Waals surface area contributed by atoms with Gasteiger partial charge in [0.1, 0.15) is 0 Å². The van der Waals surface area contributed by atoms with Crippen LogP contribution in [0.1, 0.15) is 19.0 Å². The predicted molar refractivity (Wildman–Crippen MR) is 92.0 cm³/mol. The maximum atomic E-state index is 5.97. The Balaban J connectivity index is 2.46. The van der Waals surface area contributed by atoms with Crippen molar-refractivity contribution in [1.29, 1.82) is 0 Å². The van der Waals surface area contributed by atoms with E-state index in [1.165, 1.54) is 5.69 Å². The minimum absolute atomic E-state index is 0.790. The predicted octanol–water partition coefficient (Wildman–Crippen LogP) is 2.90. The summed E-state index contributed by atoms with van der Waals surface area (Å²) in [4.78, 5) is 9.28. The topological polar surface area (TPSA) is 45.4 Å². The number of likely N-dealkylation sites (N-methyl/N-ethyl adjacent to an activating group) is 1. The van der Waals surface area contributed by atoms with Crippen LogP contribution < -0.4 is 10.6 Å². The zero-order valence-corrected chi connectivity index (χ0v) is 13.6. The molecule has 0 aliphatic rings. The van der Waals surface area contributed by atoms with E-state index in [0.29, 0.717) is 0 Å². The number of hydrogen-bond donors (Lipinski definition) is 1. The van der Waals surface area contributed by atoms with E-state index in [4.69, 9.17) is 5.73 Å². The van der Waals surface area contributed by atoms with Crippen molar-refractivity contribution in [3.8, 4) is 0 Å². The summed E-state index contributed by atoms with van der Waals surface area (Å²) in [5, 5.41) is 1.15. The lowest BCUT2D eigenvalue weighted by Crippen LogP contribution is -2.32. The van der Waals surface area contributed by atoms with E-state index in [1.807, 2.05) is 18.2 Å². The second kappa shape index (κ2) is 6.76. The molecule has 1 aromatic carbocycles. The monoisotopic (exact) mass is 286 g/mol. The Bertz CT molecular complexity index is 607. The van der Waals surface area contributed by atoms with Crippen molar-refractivity contribution >= 4 is 22.3 Å². The van der Waals surface area contributed by atoms with Crippen molar-refractivity contribution < 1.29 is 0 Å². The van der Waals surface area contributed by atoms with Gasteiger partial charge >= 0.3 is 0 Å². The standard InChI is InChI=1S/C17H26N4/c1-5-8-21(10-9-20(3)4)17-11-13(2)19-16-7-6-14(18)12-15(16)17/h6-7,11-12H,5,8-10,18H2,1-4H3. The first-order valence-electron chi connectivity index (χ1n) is 7.58. The molecule has 0 aliphatic heterocycles. The largest absolute Gasteiger partial charge is 0.399 e. The van der Waals surface area contributed by atoms with E-state index in [-0.39, 0.29) is 0 Å². The summed E-state index contributed by atoms with van der Waals surface area (Å²) in [6.07, 6.45) is 1.12. The molecule has 1 aromatic heterocycles. The van der Waals surface area contributed by atoms with Crippen molar-refractivity contribution in [3.63, 3.8) is 0 Å². The molecule has 4 heteroatoms. The van der Waals surface area contributed by atoms with Gasteiger partial charge in [-0.2, -0.15) is 0 Å². The van der Waals surface area contributed by atoms with Crippen LogP contribution in [-0.4, -0.2) is 43.6 Å². The van der Waals surface area contributed by atoms with Gasteiger partial charge in [-0.05, 0) is 51.7 Å². The fraction of sp³-hybridized carbons (Fsp3) is 0.471. The third kappa shape index (κ3) is 3.85. The van der Waals surface area contributed by atoms with Gasteiger partial charge < -0.3 is 15.5 Å². The Labute approximate surface area is 127 Å². The minimum atomic E-state index is 0.790. The van der Waals surface area contributed by atoms with Crippen molar-refractivity contribution in [2.75, 3.05) is 44.4 Å². The quantitative estimate of drug-likeness (QED) is 0.829. The number of aromatic nitrogens is 1. The molecule has 0 saturated carbocycles. The van der Waals surface area contributed by atoms with Crippen LogP contribution in [0, 0.1) is 6.92 Å². The van der Waals surface area contributed by atoms with E-state index in [1.54, 1.807) is 0 Å². The molecule has 0 spiro atoms. The Morgan fingerprint density at radius 2 is 1.86 bits per heavy atom. The lowest BCUT2D eigenvalue weighted by Gasteiger charge is -2.27. The maximum Gasteiger partial charge on any atom is 0.0727 e. The van der Waals surface area contributed by atoms with Crippen LogP contribution in [0.3, 0.4) is 0 Å². The second-order valence-electron chi connectivity index (χ2n) is 5.85. The molecule has 0 aliphatic carbocycles. The summed E-state index contributed by atoms with van der Waals surface area (Å²) in [6, 6.07) is 8.14. The number of fused-ring (bicyclic) bond motifs is 1. The SMILES string of the molecule is CCCN(CCN(C)C)c1cc(C)nc2ccc(N)cc12. The molecule has 2 N–H and O–H groups in total. The number of nitrogens with two attached hydrogens (primary N) is 1. The minimum Gasteiger partial charge on any atom is -0.399 e. The number of rotatable bonds is 6. The molecule has 0 radical (unpaired) electrons. The average Bonchev–Trinajstić information content (AvgIpc) is 2.43. The number of pyridine rings is 1. The van der Waals surface area contributed by atoms with Gasteiger partial charge in [0, 0.05) is 42.1 Å². The van der Waals surface area contributed by atoms with E-state index in [2.05, 4.69) is 48.8 Å². The van der Waals surface area contributed by atoms with Crippen molar-refractivity contribution in [1.82, 2.24) is 9.88 Å². The highest BCUT2D eigenvalue weighted by atomic mass is 15.2. The fourth-order valence-electron chi connectivity index (χ4n) is 2.56. The number of benzene rings is 1. The normalized spacial score (nSPS) is 11.3. The molecular formula is C17H26N4. The van der Waals surface area contributed by atoms with E-state index in [9.17, 15) is 0 Å². The van der Waals surface area contributed by atoms with E-state index >= 15 is 0 Å². The molecule has 0 saturated heterocycles. The zero-order chi connectivity index (χ0) is 15.4. The van der Waals surface area contributed by atoms with Gasteiger partial charge in [0.05, 0.1) is 5.52 Å². The van der Waals surface area contributed by atoms with Gasteiger partial charge in [0.15, 0.2) is 0 Å². The summed E-state index contributed by atoms with van der Waals surface area (Å²) in [5.41, 5.74) is 10.1. The summed E-state index contributed by atoms with van der Waals surface area (Å²) in [5.74, 6) is 0. The highest BCUT2D eigenvalue weighted by Crippen LogP contribution is 2.28. The molecule has 114 valence electrons. The Morgan fingerprint density at radius 3 is 2.52 bits per heavy atom. The molecule has 0 unspecified atom stereocenters. The molecule has 0 atom stereocenters. The Kier molecular flexibility index (Phi) is 5.02. The van der Waals surface area contributed by atoms with Gasteiger partial charge in [0.25, 0.3) is 0 Å². The zero-order valence-electron chi connectivity index (χ0n) is 13.6. The Morgan fingerprint density at radius 1 is 1.10 bits per heavy atom. The third-order valence-corrected chi connectivity index (χ3v) is 3.59. The molecule has 0 fully saturated rings. The number of hydrogen-bond acceptors (Lipinski definition) is 4. The molecule has 4 nitrogen and oxygen atoms in total. The van der Waals surface area contributed by atoms with Crippen LogP contribution in [0.15, 0.2) is 24.3 Å².